The highest BCUT2D eigenvalue weighted by Gasteiger charge is 2.29. The summed E-state index contributed by atoms with van der Waals surface area (Å²) in [6.07, 6.45) is 3.12. The van der Waals surface area contributed by atoms with Crippen molar-refractivity contribution in [3.8, 4) is 11.5 Å². The van der Waals surface area contributed by atoms with Crippen LogP contribution in [0.2, 0.25) is 0 Å². The van der Waals surface area contributed by atoms with E-state index in [9.17, 15) is 4.79 Å². The van der Waals surface area contributed by atoms with Gasteiger partial charge in [0.15, 0.2) is 5.82 Å². The molecule has 1 amide bonds. The van der Waals surface area contributed by atoms with Gasteiger partial charge < -0.3 is 14.5 Å². The van der Waals surface area contributed by atoms with Crippen molar-refractivity contribution in [2.24, 2.45) is 0 Å². The number of carbonyl (C=O) groups excluding carboxylic acids is 1. The van der Waals surface area contributed by atoms with E-state index in [-0.39, 0.29) is 12.5 Å². The van der Waals surface area contributed by atoms with E-state index in [0.29, 0.717) is 30.5 Å². The van der Waals surface area contributed by atoms with Gasteiger partial charge in [0, 0.05) is 30.1 Å². The van der Waals surface area contributed by atoms with Crippen molar-refractivity contribution in [3.63, 3.8) is 0 Å². The van der Waals surface area contributed by atoms with Crippen LogP contribution in [-0.4, -0.2) is 45.8 Å². The van der Waals surface area contributed by atoms with Crippen LogP contribution in [0.15, 0.2) is 28.8 Å². The maximum Gasteiger partial charge on any atom is 0.257 e. The van der Waals surface area contributed by atoms with E-state index in [1.807, 2.05) is 19.1 Å². The molecule has 1 aliphatic carbocycles. The number of carbonyl (C=O) groups is 1. The summed E-state index contributed by atoms with van der Waals surface area (Å²) >= 11 is 0. The van der Waals surface area contributed by atoms with Gasteiger partial charge in [-0.1, -0.05) is 12.1 Å². The van der Waals surface area contributed by atoms with E-state index < -0.39 is 0 Å². The van der Waals surface area contributed by atoms with Crippen molar-refractivity contribution in [1.29, 1.82) is 0 Å². The van der Waals surface area contributed by atoms with E-state index in [4.69, 9.17) is 9.63 Å². The highest BCUT2D eigenvalue weighted by atomic mass is 16.5. The fourth-order valence-corrected chi connectivity index (χ4v) is 2.50. The van der Waals surface area contributed by atoms with Crippen LogP contribution in [0, 0.1) is 0 Å². The summed E-state index contributed by atoms with van der Waals surface area (Å²) in [6, 6.07) is 7.17. The molecule has 0 radical (unpaired) electrons. The standard InChI is InChI=1S/C17H21N3O3/c1-2-9-20(10-11-21)17(22)14-7-5-13(6-8-14)16-18-15(19-23-16)12-3-4-12/h5-8,12,21H,2-4,9-11H2,1H3. The lowest BCUT2D eigenvalue weighted by Crippen LogP contribution is -2.34. The number of amides is 1. The van der Waals surface area contributed by atoms with E-state index >= 15 is 0 Å². The van der Waals surface area contributed by atoms with Crippen LogP contribution >= 0.6 is 0 Å². The van der Waals surface area contributed by atoms with Crippen LogP contribution < -0.4 is 0 Å². The van der Waals surface area contributed by atoms with Gasteiger partial charge in [-0.05, 0) is 43.5 Å². The van der Waals surface area contributed by atoms with Crippen LogP contribution in [0.3, 0.4) is 0 Å². The average molecular weight is 315 g/mol. The molecule has 0 aliphatic heterocycles. The molecule has 1 heterocycles. The van der Waals surface area contributed by atoms with Gasteiger partial charge in [0.25, 0.3) is 11.8 Å². The first-order valence-electron chi connectivity index (χ1n) is 8.07. The Morgan fingerprint density at radius 2 is 2.04 bits per heavy atom. The lowest BCUT2D eigenvalue weighted by molar-refractivity contribution is 0.0722. The summed E-state index contributed by atoms with van der Waals surface area (Å²) < 4.78 is 5.29. The topological polar surface area (TPSA) is 79.5 Å². The summed E-state index contributed by atoms with van der Waals surface area (Å²) in [7, 11) is 0. The third kappa shape index (κ3) is 3.59. The van der Waals surface area contributed by atoms with Gasteiger partial charge >= 0.3 is 0 Å². The fourth-order valence-electron chi connectivity index (χ4n) is 2.50. The van der Waals surface area contributed by atoms with Crippen LogP contribution in [0.4, 0.5) is 0 Å². The Morgan fingerprint density at radius 1 is 1.30 bits per heavy atom. The summed E-state index contributed by atoms with van der Waals surface area (Å²) in [5.41, 5.74) is 1.41. The molecule has 1 aromatic carbocycles. The predicted octanol–water partition coefficient (Wildman–Crippen LogP) is 2.46. The first-order valence-corrected chi connectivity index (χ1v) is 8.07. The quantitative estimate of drug-likeness (QED) is 0.849. The van der Waals surface area contributed by atoms with Crippen LogP contribution in [0.1, 0.15) is 48.3 Å². The zero-order valence-corrected chi connectivity index (χ0v) is 13.2. The Morgan fingerprint density at radius 3 is 2.65 bits per heavy atom. The van der Waals surface area contributed by atoms with Crippen molar-refractivity contribution in [3.05, 3.63) is 35.7 Å². The van der Waals surface area contributed by atoms with E-state index in [2.05, 4.69) is 10.1 Å². The SMILES string of the molecule is CCCN(CCO)C(=O)c1ccc(-c2nc(C3CC3)no2)cc1. The molecule has 1 aromatic heterocycles. The molecule has 0 bridgehead atoms. The minimum Gasteiger partial charge on any atom is -0.395 e. The normalized spacial score (nSPS) is 14.0. The molecule has 1 saturated carbocycles. The van der Waals surface area contributed by atoms with E-state index in [1.165, 1.54) is 0 Å². The van der Waals surface area contributed by atoms with Crippen molar-refractivity contribution in [2.75, 3.05) is 19.7 Å². The Labute approximate surface area is 135 Å². The molecule has 0 saturated heterocycles. The van der Waals surface area contributed by atoms with E-state index in [1.54, 1.807) is 17.0 Å². The Bertz CT molecular complexity index is 656. The van der Waals surface area contributed by atoms with Gasteiger partial charge in [-0.25, -0.2) is 0 Å². The molecule has 1 aliphatic rings. The maximum absolute atomic E-state index is 12.4. The van der Waals surface area contributed by atoms with Gasteiger partial charge in [-0.3, -0.25) is 4.79 Å². The number of rotatable bonds is 7. The number of nitrogens with zero attached hydrogens (tertiary/aromatic N) is 3. The molecule has 0 spiro atoms. The molecule has 6 heteroatoms. The molecule has 0 atom stereocenters. The summed E-state index contributed by atoms with van der Waals surface area (Å²) in [5.74, 6) is 1.65. The number of aliphatic hydroxyl groups is 1. The molecule has 1 fully saturated rings. The molecule has 6 nitrogen and oxygen atoms in total. The largest absolute Gasteiger partial charge is 0.395 e. The smallest absolute Gasteiger partial charge is 0.257 e. The lowest BCUT2D eigenvalue weighted by atomic mass is 10.1. The number of benzene rings is 1. The van der Waals surface area contributed by atoms with Crippen molar-refractivity contribution in [1.82, 2.24) is 15.0 Å². The minimum absolute atomic E-state index is 0.0320. The first-order chi connectivity index (χ1) is 11.2. The third-order valence-electron chi connectivity index (χ3n) is 3.91. The lowest BCUT2D eigenvalue weighted by Gasteiger charge is -2.21. The van der Waals surface area contributed by atoms with Crippen LogP contribution in [0.5, 0.6) is 0 Å². The molecule has 2 aromatic rings. The van der Waals surface area contributed by atoms with Gasteiger partial charge in [0.05, 0.1) is 6.61 Å². The van der Waals surface area contributed by atoms with Gasteiger partial charge in [-0.2, -0.15) is 4.98 Å². The number of aliphatic hydroxyl groups excluding tert-OH is 1. The maximum atomic E-state index is 12.4. The highest BCUT2D eigenvalue weighted by Crippen LogP contribution is 2.38. The zero-order valence-electron chi connectivity index (χ0n) is 13.2. The monoisotopic (exact) mass is 315 g/mol. The van der Waals surface area contributed by atoms with Crippen molar-refractivity contribution in [2.45, 2.75) is 32.1 Å². The molecule has 122 valence electrons. The Hall–Kier alpha value is -2.21. The molecule has 1 N–H and O–H groups in total. The molecular formula is C17H21N3O3. The molecule has 3 rings (SSSR count). The summed E-state index contributed by atoms with van der Waals surface area (Å²) in [5, 5.41) is 13.1. The van der Waals surface area contributed by atoms with Gasteiger partial charge in [0.2, 0.25) is 0 Å². The number of hydrogen-bond acceptors (Lipinski definition) is 5. The van der Waals surface area contributed by atoms with Crippen LogP contribution in [-0.2, 0) is 0 Å². The highest BCUT2D eigenvalue weighted by molar-refractivity contribution is 5.94. The predicted molar refractivity (Wildman–Crippen MR) is 85.0 cm³/mol. The number of hydrogen-bond donors (Lipinski definition) is 1. The van der Waals surface area contributed by atoms with Gasteiger partial charge in [-0.15, -0.1) is 0 Å². The Kier molecular flexibility index (Phi) is 4.71. The van der Waals surface area contributed by atoms with Crippen molar-refractivity contribution >= 4 is 5.91 Å². The van der Waals surface area contributed by atoms with Crippen LogP contribution in [0.25, 0.3) is 11.5 Å². The average Bonchev–Trinajstić information content (AvgIpc) is 3.31. The second-order valence-corrected chi connectivity index (χ2v) is 5.83. The summed E-state index contributed by atoms with van der Waals surface area (Å²) in [4.78, 5) is 18.5. The van der Waals surface area contributed by atoms with E-state index in [0.717, 1.165) is 30.7 Å². The first kappa shape index (κ1) is 15.7. The third-order valence-corrected chi connectivity index (χ3v) is 3.91. The second-order valence-electron chi connectivity index (χ2n) is 5.83. The van der Waals surface area contributed by atoms with Crippen molar-refractivity contribution < 1.29 is 14.4 Å². The fraction of sp³-hybridized carbons (Fsp3) is 0.471. The summed E-state index contributed by atoms with van der Waals surface area (Å²) in [6.45, 7) is 2.96. The minimum atomic E-state index is -0.0725. The Balaban J connectivity index is 1.73. The second kappa shape index (κ2) is 6.91. The molecule has 23 heavy (non-hydrogen) atoms. The molecule has 0 unspecified atom stereocenters. The molecular weight excluding hydrogens is 294 g/mol. The van der Waals surface area contributed by atoms with Gasteiger partial charge in [0.1, 0.15) is 0 Å². The number of aromatic nitrogens is 2. The zero-order chi connectivity index (χ0) is 16.2.